The second kappa shape index (κ2) is 7.96. The molecule has 126 valence electrons. The van der Waals surface area contributed by atoms with Crippen LogP contribution in [0.2, 0.25) is 5.02 Å². The summed E-state index contributed by atoms with van der Waals surface area (Å²) >= 11 is 9.31. The fraction of sp³-hybridized carbons (Fsp3) is 0.188. The van der Waals surface area contributed by atoms with Crippen LogP contribution < -0.4 is 27.0 Å². The van der Waals surface area contributed by atoms with E-state index in [1.54, 1.807) is 12.1 Å². The molecule has 0 spiro atoms. The lowest BCUT2D eigenvalue weighted by Gasteiger charge is -2.20. The van der Waals surface area contributed by atoms with Crippen molar-refractivity contribution in [1.82, 2.24) is 21.7 Å². The fourth-order valence-electron chi connectivity index (χ4n) is 2.37. The molecule has 2 aromatic carbocycles. The van der Waals surface area contributed by atoms with Crippen LogP contribution in [0.5, 0.6) is 0 Å². The molecule has 1 saturated heterocycles. The van der Waals surface area contributed by atoms with Gasteiger partial charge in [0.15, 0.2) is 0 Å². The van der Waals surface area contributed by atoms with E-state index in [1.165, 1.54) is 0 Å². The van der Waals surface area contributed by atoms with Crippen LogP contribution >= 0.6 is 27.5 Å². The standard InChI is InChI=1S/C16H17BrClN5O/c17-11-3-1-2-10(8-11)9-19-16(24)14-15(22-23-21-14)20-13-6-4-12(18)5-7-13/h1-8,14-15,20-23H,9H2,(H,19,24). The minimum absolute atomic E-state index is 0.112. The highest BCUT2D eigenvalue weighted by Crippen LogP contribution is 2.15. The van der Waals surface area contributed by atoms with Crippen LogP contribution in [-0.2, 0) is 11.3 Å². The number of halogens is 2. The average Bonchev–Trinajstić information content (AvgIpc) is 3.03. The molecule has 2 aromatic rings. The van der Waals surface area contributed by atoms with Crippen molar-refractivity contribution >= 4 is 39.1 Å². The van der Waals surface area contributed by atoms with Gasteiger partial charge in [-0.2, -0.15) is 5.53 Å². The van der Waals surface area contributed by atoms with Crippen molar-refractivity contribution in [2.75, 3.05) is 5.32 Å². The summed E-state index contributed by atoms with van der Waals surface area (Å²) in [7, 11) is 0. The van der Waals surface area contributed by atoms with Crippen molar-refractivity contribution in [1.29, 1.82) is 0 Å². The van der Waals surface area contributed by atoms with Gasteiger partial charge in [-0.15, -0.1) is 0 Å². The number of nitrogens with one attached hydrogen (secondary N) is 5. The van der Waals surface area contributed by atoms with E-state index in [1.807, 2.05) is 36.4 Å². The van der Waals surface area contributed by atoms with Crippen LogP contribution in [0.1, 0.15) is 5.56 Å². The van der Waals surface area contributed by atoms with Crippen molar-refractivity contribution in [2.45, 2.75) is 18.8 Å². The number of carbonyl (C=O) groups is 1. The lowest BCUT2D eigenvalue weighted by molar-refractivity contribution is -0.123. The highest BCUT2D eigenvalue weighted by atomic mass is 79.9. The molecule has 2 unspecified atom stereocenters. The number of carbonyl (C=O) groups excluding carboxylic acids is 1. The van der Waals surface area contributed by atoms with Gasteiger partial charge in [-0.3, -0.25) is 4.79 Å². The molecule has 0 aliphatic carbocycles. The van der Waals surface area contributed by atoms with Gasteiger partial charge in [-0.05, 0) is 42.0 Å². The Labute approximate surface area is 153 Å². The Morgan fingerprint density at radius 3 is 2.71 bits per heavy atom. The van der Waals surface area contributed by atoms with E-state index in [4.69, 9.17) is 11.6 Å². The van der Waals surface area contributed by atoms with Crippen molar-refractivity contribution in [2.24, 2.45) is 0 Å². The third-order valence-corrected chi connectivity index (χ3v) is 4.34. The molecule has 3 rings (SSSR count). The Kier molecular flexibility index (Phi) is 5.70. The summed E-state index contributed by atoms with van der Waals surface area (Å²) < 4.78 is 0.985. The number of anilines is 1. The van der Waals surface area contributed by atoms with Gasteiger partial charge >= 0.3 is 0 Å². The Balaban J connectivity index is 1.58. The van der Waals surface area contributed by atoms with Crippen LogP contribution in [0.15, 0.2) is 53.0 Å². The molecule has 0 aromatic heterocycles. The van der Waals surface area contributed by atoms with Crippen molar-refractivity contribution in [3.05, 3.63) is 63.6 Å². The van der Waals surface area contributed by atoms with Crippen LogP contribution in [0, 0.1) is 0 Å². The number of hydrogen-bond donors (Lipinski definition) is 5. The normalized spacial score (nSPS) is 19.9. The summed E-state index contributed by atoms with van der Waals surface area (Å²) in [6.07, 6.45) is -0.298. The largest absolute Gasteiger partial charge is 0.367 e. The second-order valence-corrected chi connectivity index (χ2v) is 6.72. The molecule has 1 amide bonds. The molecule has 2 atom stereocenters. The van der Waals surface area contributed by atoms with E-state index in [0.29, 0.717) is 11.6 Å². The topological polar surface area (TPSA) is 77.2 Å². The summed E-state index contributed by atoms with van der Waals surface area (Å²) in [6.45, 7) is 0.462. The fourth-order valence-corrected chi connectivity index (χ4v) is 2.94. The quantitative estimate of drug-likeness (QED) is 0.522. The van der Waals surface area contributed by atoms with Crippen LogP contribution in [0.3, 0.4) is 0 Å². The number of benzene rings is 2. The van der Waals surface area contributed by atoms with Gasteiger partial charge in [0.25, 0.3) is 0 Å². The highest BCUT2D eigenvalue weighted by molar-refractivity contribution is 9.10. The molecule has 1 aliphatic rings. The number of hydrazine groups is 2. The first-order chi connectivity index (χ1) is 11.6. The number of rotatable bonds is 5. The molecular formula is C16H17BrClN5O. The summed E-state index contributed by atoms with van der Waals surface area (Å²) in [6, 6.07) is 14.7. The Bertz CT molecular complexity index is 712. The zero-order valence-corrected chi connectivity index (χ0v) is 15.0. The van der Waals surface area contributed by atoms with Crippen molar-refractivity contribution in [3.8, 4) is 0 Å². The second-order valence-electron chi connectivity index (χ2n) is 5.37. The van der Waals surface area contributed by atoms with Crippen LogP contribution in [0.4, 0.5) is 5.69 Å². The molecular weight excluding hydrogens is 394 g/mol. The molecule has 1 fully saturated rings. The van der Waals surface area contributed by atoms with E-state index >= 15 is 0 Å². The smallest absolute Gasteiger partial charge is 0.242 e. The molecule has 24 heavy (non-hydrogen) atoms. The van der Waals surface area contributed by atoms with E-state index in [-0.39, 0.29) is 12.1 Å². The third-order valence-electron chi connectivity index (χ3n) is 3.59. The predicted molar refractivity (Wildman–Crippen MR) is 98.0 cm³/mol. The lowest BCUT2D eigenvalue weighted by atomic mass is 10.2. The third kappa shape index (κ3) is 4.46. The van der Waals surface area contributed by atoms with Crippen LogP contribution in [0.25, 0.3) is 0 Å². The van der Waals surface area contributed by atoms with Gasteiger partial charge in [0.05, 0.1) is 0 Å². The summed E-state index contributed by atoms with van der Waals surface area (Å²) in [4.78, 5) is 12.4. The minimum atomic E-state index is -0.465. The molecule has 5 N–H and O–H groups in total. The summed E-state index contributed by atoms with van der Waals surface area (Å²) in [5, 5.41) is 6.84. The van der Waals surface area contributed by atoms with Gasteiger partial charge < -0.3 is 10.6 Å². The van der Waals surface area contributed by atoms with E-state index in [0.717, 1.165) is 15.7 Å². The minimum Gasteiger partial charge on any atom is -0.367 e. The van der Waals surface area contributed by atoms with Gasteiger partial charge in [0.2, 0.25) is 5.91 Å². The van der Waals surface area contributed by atoms with E-state index in [2.05, 4.69) is 42.9 Å². The first-order valence-electron chi connectivity index (χ1n) is 7.42. The van der Waals surface area contributed by atoms with E-state index in [9.17, 15) is 4.79 Å². The monoisotopic (exact) mass is 409 g/mol. The molecule has 8 heteroatoms. The highest BCUT2D eigenvalue weighted by Gasteiger charge is 2.32. The van der Waals surface area contributed by atoms with Crippen LogP contribution in [-0.4, -0.2) is 18.1 Å². The van der Waals surface area contributed by atoms with Gasteiger partial charge in [0.1, 0.15) is 12.2 Å². The molecule has 0 bridgehead atoms. The Morgan fingerprint density at radius 1 is 1.17 bits per heavy atom. The maximum absolute atomic E-state index is 12.4. The predicted octanol–water partition coefficient (Wildman–Crippen LogP) is 2.14. The first kappa shape index (κ1) is 17.2. The first-order valence-corrected chi connectivity index (χ1v) is 8.59. The molecule has 1 heterocycles. The Hall–Kier alpha value is -1.64. The molecule has 6 nitrogen and oxygen atoms in total. The lowest BCUT2D eigenvalue weighted by Crippen LogP contribution is -2.50. The SMILES string of the molecule is O=C(NCc1cccc(Br)c1)C1NNNC1Nc1ccc(Cl)cc1. The van der Waals surface area contributed by atoms with Gasteiger partial charge in [-0.25, -0.2) is 10.9 Å². The number of amides is 1. The maximum Gasteiger partial charge on any atom is 0.242 e. The van der Waals surface area contributed by atoms with Crippen molar-refractivity contribution in [3.63, 3.8) is 0 Å². The van der Waals surface area contributed by atoms with Gasteiger partial charge in [0, 0.05) is 21.7 Å². The van der Waals surface area contributed by atoms with E-state index < -0.39 is 6.04 Å². The average molecular weight is 411 g/mol. The summed E-state index contributed by atoms with van der Waals surface area (Å²) in [5.74, 6) is -0.112. The Morgan fingerprint density at radius 2 is 1.96 bits per heavy atom. The van der Waals surface area contributed by atoms with Gasteiger partial charge in [-0.1, -0.05) is 39.7 Å². The zero-order chi connectivity index (χ0) is 16.9. The zero-order valence-electron chi connectivity index (χ0n) is 12.6. The molecule has 0 radical (unpaired) electrons. The summed E-state index contributed by atoms with van der Waals surface area (Å²) in [5.41, 5.74) is 10.6. The molecule has 0 saturated carbocycles. The number of hydrogen-bond acceptors (Lipinski definition) is 5. The maximum atomic E-state index is 12.4. The van der Waals surface area contributed by atoms with Crippen molar-refractivity contribution < 1.29 is 4.79 Å². The molecule has 1 aliphatic heterocycles.